The van der Waals surface area contributed by atoms with Crippen LogP contribution in [0.5, 0.6) is 11.5 Å². The lowest BCUT2D eigenvalue weighted by molar-refractivity contribution is 0.100. The van der Waals surface area contributed by atoms with E-state index in [1.165, 1.54) is 12.1 Å². The number of para-hydroxylation sites is 1. The maximum absolute atomic E-state index is 14.1. The minimum Gasteiger partial charge on any atom is -0.457 e. The zero-order chi connectivity index (χ0) is 21.4. The fraction of sp³-hybridized carbons (Fsp3) is 0.0385. The largest absolute Gasteiger partial charge is 0.457 e. The van der Waals surface area contributed by atoms with Crippen molar-refractivity contribution in [3.05, 3.63) is 108 Å². The van der Waals surface area contributed by atoms with Crippen molar-refractivity contribution >= 4 is 27.7 Å². The Morgan fingerprint density at radius 3 is 2.42 bits per heavy atom. The number of carbonyl (C=O) groups excluding carboxylic acids is 1. The zero-order valence-electron chi connectivity index (χ0n) is 16.6. The van der Waals surface area contributed by atoms with Gasteiger partial charge in [-0.15, -0.1) is 0 Å². The summed E-state index contributed by atoms with van der Waals surface area (Å²) in [7, 11) is 0. The van der Waals surface area contributed by atoms with Crippen LogP contribution >= 0.6 is 0 Å². The van der Waals surface area contributed by atoms with Crippen LogP contribution in [-0.2, 0) is 6.54 Å². The van der Waals surface area contributed by atoms with Crippen LogP contribution in [0.2, 0.25) is 0 Å². The molecule has 0 saturated heterocycles. The third-order valence-corrected chi connectivity index (χ3v) is 5.34. The lowest BCUT2D eigenvalue weighted by Gasteiger charge is -2.11. The van der Waals surface area contributed by atoms with Crippen LogP contribution in [0.4, 0.5) is 4.39 Å². The Kier molecular flexibility index (Phi) is 4.64. The standard InChI is InChI=1S/C26H19FN2O2/c27-18-12-13-23-22(15-18)25-21(26(28)30)10-5-11-24(25)29(23)16-17-6-4-9-20(14-17)31-19-7-2-1-3-8-19/h1-15H,16H2,(H2,28,30). The smallest absolute Gasteiger partial charge is 0.249 e. The summed E-state index contributed by atoms with van der Waals surface area (Å²) in [4.78, 5) is 12.0. The van der Waals surface area contributed by atoms with Gasteiger partial charge >= 0.3 is 0 Å². The Labute approximate surface area is 178 Å². The number of carbonyl (C=O) groups is 1. The topological polar surface area (TPSA) is 57.2 Å². The molecule has 31 heavy (non-hydrogen) atoms. The molecule has 5 rings (SSSR count). The van der Waals surface area contributed by atoms with E-state index in [4.69, 9.17) is 10.5 Å². The first-order valence-electron chi connectivity index (χ1n) is 9.92. The van der Waals surface area contributed by atoms with Gasteiger partial charge in [0, 0.05) is 28.4 Å². The monoisotopic (exact) mass is 410 g/mol. The molecule has 5 heteroatoms. The van der Waals surface area contributed by atoms with Gasteiger partial charge in [0.05, 0.1) is 5.52 Å². The highest BCUT2D eigenvalue weighted by molar-refractivity contribution is 6.17. The Morgan fingerprint density at radius 2 is 1.61 bits per heavy atom. The van der Waals surface area contributed by atoms with Crippen LogP contribution in [-0.4, -0.2) is 10.5 Å². The third-order valence-electron chi connectivity index (χ3n) is 5.34. The number of ether oxygens (including phenoxy) is 1. The molecule has 0 aliphatic carbocycles. The van der Waals surface area contributed by atoms with Crippen LogP contribution in [0.1, 0.15) is 15.9 Å². The van der Waals surface area contributed by atoms with Gasteiger partial charge in [-0.3, -0.25) is 4.79 Å². The zero-order valence-corrected chi connectivity index (χ0v) is 16.6. The summed E-state index contributed by atoms with van der Waals surface area (Å²) in [6, 6.07) is 27.4. The van der Waals surface area contributed by atoms with Crippen molar-refractivity contribution in [3.63, 3.8) is 0 Å². The van der Waals surface area contributed by atoms with E-state index in [0.29, 0.717) is 22.9 Å². The molecule has 4 aromatic carbocycles. The Bertz CT molecular complexity index is 1420. The fourth-order valence-electron chi connectivity index (χ4n) is 4.01. The van der Waals surface area contributed by atoms with Crippen molar-refractivity contribution in [2.75, 3.05) is 0 Å². The minimum atomic E-state index is -0.535. The van der Waals surface area contributed by atoms with E-state index in [2.05, 4.69) is 4.57 Å². The number of rotatable bonds is 5. The number of halogens is 1. The van der Waals surface area contributed by atoms with Crippen molar-refractivity contribution in [2.45, 2.75) is 6.54 Å². The highest BCUT2D eigenvalue weighted by atomic mass is 19.1. The molecule has 4 nitrogen and oxygen atoms in total. The second-order valence-electron chi connectivity index (χ2n) is 7.37. The molecule has 0 aliphatic rings. The number of benzene rings is 4. The number of hydrogen-bond donors (Lipinski definition) is 1. The second-order valence-corrected chi connectivity index (χ2v) is 7.37. The summed E-state index contributed by atoms with van der Waals surface area (Å²) in [5, 5.41) is 1.34. The van der Waals surface area contributed by atoms with Crippen LogP contribution in [0, 0.1) is 5.82 Å². The molecule has 5 aromatic rings. The summed E-state index contributed by atoms with van der Waals surface area (Å²) in [5.74, 6) is 0.600. The molecule has 2 N–H and O–H groups in total. The van der Waals surface area contributed by atoms with Crippen LogP contribution in [0.25, 0.3) is 21.8 Å². The number of nitrogens with zero attached hydrogens (tertiary/aromatic N) is 1. The number of amides is 1. The molecule has 152 valence electrons. The molecular weight excluding hydrogens is 391 g/mol. The van der Waals surface area contributed by atoms with Gasteiger partial charge in [-0.2, -0.15) is 0 Å². The number of aromatic nitrogens is 1. The first-order valence-corrected chi connectivity index (χ1v) is 9.92. The Hall–Kier alpha value is -4.12. The molecule has 1 aromatic heterocycles. The molecular formula is C26H19FN2O2. The number of hydrogen-bond acceptors (Lipinski definition) is 2. The van der Waals surface area contributed by atoms with Gasteiger partial charge in [-0.05, 0) is 60.2 Å². The minimum absolute atomic E-state index is 0.357. The lowest BCUT2D eigenvalue weighted by Crippen LogP contribution is -2.11. The molecule has 0 saturated carbocycles. The normalized spacial score (nSPS) is 11.1. The van der Waals surface area contributed by atoms with E-state index < -0.39 is 5.91 Å². The van der Waals surface area contributed by atoms with Gasteiger partial charge in [0.25, 0.3) is 0 Å². The van der Waals surface area contributed by atoms with Crippen molar-refractivity contribution < 1.29 is 13.9 Å². The van der Waals surface area contributed by atoms with Crippen LogP contribution in [0.15, 0.2) is 91.0 Å². The summed E-state index contributed by atoms with van der Waals surface area (Å²) < 4.78 is 22.1. The van der Waals surface area contributed by atoms with Gasteiger partial charge in [0.2, 0.25) is 5.91 Å². The maximum atomic E-state index is 14.1. The molecule has 0 bridgehead atoms. The summed E-state index contributed by atoms with van der Waals surface area (Å²) in [5.41, 5.74) is 8.66. The van der Waals surface area contributed by atoms with Gasteiger partial charge < -0.3 is 15.0 Å². The number of nitrogens with two attached hydrogens (primary N) is 1. The van der Waals surface area contributed by atoms with Crippen LogP contribution < -0.4 is 10.5 Å². The van der Waals surface area contributed by atoms with Gasteiger partial charge in [-0.1, -0.05) is 36.4 Å². The van der Waals surface area contributed by atoms with E-state index in [1.807, 2.05) is 60.7 Å². The molecule has 1 heterocycles. The van der Waals surface area contributed by atoms with E-state index in [-0.39, 0.29) is 5.82 Å². The Balaban J connectivity index is 1.62. The average molecular weight is 410 g/mol. The SMILES string of the molecule is NC(=O)c1cccc2c1c1cc(F)ccc1n2Cc1cccc(Oc2ccccc2)c1. The molecule has 0 unspecified atom stereocenters. The van der Waals surface area contributed by atoms with Crippen molar-refractivity contribution in [3.8, 4) is 11.5 Å². The van der Waals surface area contributed by atoms with E-state index in [1.54, 1.807) is 18.2 Å². The van der Waals surface area contributed by atoms with E-state index in [9.17, 15) is 9.18 Å². The maximum Gasteiger partial charge on any atom is 0.249 e. The molecule has 0 radical (unpaired) electrons. The average Bonchev–Trinajstić information content (AvgIpc) is 3.07. The van der Waals surface area contributed by atoms with Crippen molar-refractivity contribution in [1.29, 1.82) is 0 Å². The summed E-state index contributed by atoms with van der Waals surface area (Å²) in [6.45, 7) is 0.528. The lowest BCUT2D eigenvalue weighted by atomic mass is 10.1. The second kappa shape index (κ2) is 7.61. The van der Waals surface area contributed by atoms with Crippen molar-refractivity contribution in [2.24, 2.45) is 5.73 Å². The summed E-state index contributed by atoms with van der Waals surface area (Å²) >= 11 is 0. The quantitative estimate of drug-likeness (QED) is 0.394. The highest BCUT2D eigenvalue weighted by Gasteiger charge is 2.17. The summed E-state index contributed by atoms with van der Waals surface area (Å²) in [6.07, 6.45) is 0. The highest BCUT2D eigenvalue weighted by Crippen LogP contribution is 2.33. The Morgan fingerprint density at radius 1 is 0.839 bits per heavy atom. The van der Waals surface area contributed by atoms with E-state index in [0.717, 1.165) is 28.1 Å². The van der Waals surface area contributed by atoms with E-state index >= 15 is 0 Å². The predicted molar refractivity (Wildman–Crippen MR) is 120 cm³/mol. The first-order chi connectivity index (χ1) is 15.1. The predicted octanol–water partition coefficient (Wildman–Crippen LogP) is 5.87. The molecule has 0 fully saturated rings. The fourth-order valence-corrected chi connectivity index (χ4v) is 4.01. The van der Waals surface area contributed by atoms with Crippen molar-refractivity contribution in [1.82, 2.24) is 4.57 Å². The molecule has 0 spiro atoms. The number of fused-ring (bicyclic) bond motifs is 3. The van der Waals surface area contributed by atoms with Crippen LogP contribution in [0.3, 0.4) is 0 Å². The molecule has 1 amide bonds. The van der Waals surface area contributed by atoms with Gasteiger partial charge in [0.15, 0.2) is 0 Å². The first kappa shape index (κ1) is 18.9. The van der Waals surface area contributed by atoms with Gasteiger partial charge in [-0.25, -0.2) is 4.39 Å². The number of primary amides is 1. The molecule has 0 atom stereocenters. The third kappa shape index (κ3) is 3.51. The van der Waals surface area contributed by atoms with Gasteiger partial charge in [0.1, 0.15) is 17.3 Å². The molecule has 0 aliphatic heterocycles.